The van der Waals surface area contributed by atoms with Gasteiger partial charge in [-0.15, -0.1) is 11.3 Å². The van der Waals surface area contributed by atoms with E-state index >= 15 is 0 Å². The zero-order chi connectivity index (χ0) is 10.9. The Hall–Kier alpha value is -0.450. The Labute approximate surface area is 95.3 Å². The van der Waals surface area contributed by atoms with Crippen molar-refractivity contribution in [2.75, 3.05) is 13.1 Å². The fourth-order valence-corrected chi connectivity index (χ4v) is 2.82. The predicted molar refractivity (Wildman–Crippen MR) is 63.8 cm³/mol. The molecule has 2 rings (SSSR count). The molecule has 0 aliphatic carbocycles. The van der Waals surface area contributed by atoms with Crippen LogP contribution in [0.4, 0.5) is 0 Å². The fraction of sp³-hybridized carbons (Fsp3) is 0.727. The van der Waals surface area contributed by atoms with Crippen LogP contribution in [0.2, 0.25) is 0 Å². The monoisotopic (exact) mass is 225 g/mol. The van der Waals surface area contributed by atoms with Gasteiger partial charge in [-0.3, -0.25) is 4.90 Å². The standard InChI is InChI=1S/C11H19N3S/c1-11(2,12)9-8-15-10(13-9)7-14-5-3-4-6-14/h8H,3-7,12H2,1-2H3. The van der Waals surface area contributed by atoms with E-state index < -0.39 is 0 Å². The van der Waals surface area contributed by atoms with Crippen LogP contribution in [-0.4, -0.2) is 23.0 Å². The molecule has 1 aliphatic heterocycles. The van der Waals surface area contributed by atoms with Crippen molar-refractivity contribution in [2.45, 2.75) is 38.8 Å². The van der Waals surface area contributed by atoms with Crippen LogP contribution >= 0.6 is 11.3 Å². The van der Waals surface area contributed by atoms with Gasteiger partial charge in [0.15, 0.2) is 0 Å². The summed E-state index contributed by atoms with van der Waals surface area (Å²) in [6.07, 6.45) is 2.67. The molecule has 0 amide bonds. The van der Waals surface area contributed by atoms with Crippen molar-refractivity contribution < 1.29 is 0 Å². The van der Waals surface area contributed by atoms with Gasteiger partial charge in [-0.25, -0.2) is 4.98 Å². The molecule has 15 heavy (non-hydrogen) atoms. The molecule has 0 bridgehead atoms. The minimum absolute atomic E-state index is 0.306. The van der Waals surface area contributed by atoms with Crippen LogP contribution in [0.25, 0.3) is 0 Å². The van der Waals surface area contributed by atoms with E-state index in [0.717, 1.165) is 12.2 Å². The lowest BCUT2D eigenvalue weighted by atomic mass is 10.0. The molecule has 1 aliphatic rings. The third-order valence-electron chi connectivity index (χ3n) is 2.77. The highest BCUT2D eigenvalue weighted by molar-refractivity contribution is 7.09. The Morgan fingerprint density at radius 2 is 2.13 bits per heavy atom. The molecule has 0 atom stereocenters. The Balaban J connectivity index is 2.00. The zero-order valence-electron chi connectivity index (χ0n) is 9.49. The van der Waals surface area contributed by atoms with Crippen LogP contribution in [0.1, 0.15) is 37.4 Å². The molecule has 0 saturated carbocycles. The molecule has 1 saturated heterocycles. The fourth-order valence-electron chi connectivity index (χ4n) is 1.81. The normalized spacial score (nSPS) is 18.6. The first-order valence-electron chi connectivity index (χ1n) is 5.52. The summed E-state index contributed by atoms with van der Waals surface area (Å²) in [5, 5.41) is 3.29. The van der Waals surface area contributed by atoms with Crippen molar-refractivity contribution in [1.29, 1.82) is 0 Å². The second-order valence-electron chi connectivity index (χ2n) is 4.83. The smallest absolute Gasteiger partial charge is 0.107 e. The number of nitrogens with zero attached hydrogens (tertiary/aromatic N) is 2. The molecule has 1 aromatic rings. The van der Waals surface area contributed by atoms with Crippen LogP contribution in [0, 0.1) is 0 Å². The van der Waals surface area contributed by atoms with E-state index in [1.165, 1.54) is 30.9 Å². The van der Waals surface area contributed by atoms with Gasteiger partial charge in [-0.05, 0) is 39.8 Å². The van der Waals surface area contributed by atoms with E-state index in [4.69, 9.17) is 5.73 Å². The lowest BCUT2D eigenvalue weighted by Gasteiger charge is -2.15. The summed E-state index contributed by atoms with van der Waals surface area (Å²) in [7, 11) is 0. The maximum atomic E-state index is 6.01. The first-order valence-corrected chi connectivity index (χ1v) is 6.40. The maximum Gasteiger partial charge on any atom is 0.107 e. The third-order valence-corrected chi connectivity index (χ3v) is 3.60. The van der Waals surface area contributed by atoms with Crippen molar-refractivity contribution in [3.05, 3.63) is 16.1 Å². The second kappa shape index (κ2) is 4.20. The maximum absolute atomic E-state index is 6.01. The summed E-state index contributed by atoms with van der Waals surface area (Å²) < 4.78 is 0. The average Bonchev–Trinajstić information content (AvgIpc) is 2.73. The number of nitrogens with two attached hydrogens (primary N) is 1. The van der Waals surface area contributed by atoms with E-state index in [9.17, 15) is 0 Å². The highest BCUT2D eigenvalue weighted by Crippen LogP contribution is 2.21. The lowest BCUT2D eigenvalue weighted by Crippen LogP contribution is -2.29. The van der Waals surface area contributed by atoms with Crippen molar-refractivity contribution in [3.8, 4) is 0 Å². The molecule has 2 heterocycles. The molecule has 0 aromatic carbocycles. The minimum Gasteiger partial charge on any atom is -0.321 e. The van der Waals surface area contributed by atoms with Gasteiger partial charge in [0.05, 0.1) is 17.8 Å². The van der Waals surface area contributed by atoms with Crippen LogP contribution < -0.4 is 5.73 Å². The molecule has 4 heteroatoms. The van der Waals surface area contributed by atoms with E-state index in [-0.39, 0.29) is 5.54 Å². The van der Waals surface area contributed by atoms with Crippen LogP contribution in [0.3, 0.4) is 0 Å². The molecule has 1 aromatic heterocycles. The highest BCUT2D eigenvalue weighted by Gasteiger charge is 2.19. The van der Waals surface area contributed by atoms with Crippen molar-refractivity contribution in [3.63, 3.8) is 0 Å². The Bertz CT molecular complexity index is 321. The van der Waals surface area contributed by atoms with Gasteiger partial charge < -0.3 is 5.73 Å². The summed E-state index contributed by atoms with van der Waals surface area (Å²) in [4.78, 5) is 7.06. The van der Waals surface area contributed by atoms with Gasteiger partial charge in [0.2, 0.25) is 0 Å². The second-order valence-corrected chi connectivity index (χ2v) is 5.77. The van der Waals surface area contributed by atoms with Crippen LogP contribution in [-0.2, 0) is 12.1 Å². The van der Waals surface area contributed by atoms with Crippen molar-refractivity contribution >= 4 is 11.3 Å². The molecule has 1 fully saturated rings. The van der Waals surface area contributed by atoms with Crippen molar-refractivity contribution in [2.24, 2.45) is 5.73 Å². The van der Waals surface area contributed by atoms with Crippen LogP contribution in [0.15, 0.2) is 5.38 Å². The van der Waals surface area contributed by atoms with Gasteiger partial charge >= 0.3 is 0 Å². The lowest BCUT2D eigenvalue weighted by molar-refractivity contribution is 0.330. The van der Waals surface area contributed by atoms with E-state index in [1.54, 1.807) is 11.3 Å². The van der Waals surface area contributed by atoms with Crippen molar-refractivity contribution in [1.82, 2.24) is 9.88 Å². The topological polar surface area (TPSA) is 42.1 Å². The summed E-state index contributed by atoms with van der Waals surface area (Å²) >= 11 is 1.73. The first kappa shape index (κ1) is 11.0. The summed E-state index contributed by atoms with van der Waals surface area (Å²) in [5.41, 5.74) is 6.72. The summed E-state index contributed by atoms with van der Waals surface area (Å²) in [6.45, 7) is 7.45. The quantitative estimate of drug-likeness (QED) is 0.854. The Morgan fingerprint density at radius 3 is 2.67 bits per heavy atom. The van der Waals surface area contributed by atoms with E-state index in [2.05, 4.69) is 15.3 Å². The van der Waals surface area contributed by atoms with Gasteiger partial charge in [-0.1, -0.05) is 0 Å². The SMILES string of the molecule is CC(C)(N)c1csc(CN2CCCC2)n1. The van der Waals surface area contributed by atoms with Gasteiger partial charge in [0, 0.05) is 5.38 Å². The largest absolute Gasteiger partial charge is 0.321 e. The zero-order valence-corrected chi connectivity index (χ0v) is 10.3. The molecule has 0 unspecified atom stereocenters. The predicted octanol–water partition coefficient (Wildman–Crippen LogP) is 1.93. The summed E-state index contributed by atoms with van der Waals surface area (Å²) in [5.74, 6) is 0. The molecule has 2 N–H and O–H groups in total. The number of rotatable bonds is 3. The first-order chi connectivity index (χ1) is 7.05. The molecular weight excluding hydrogens is 206 g/mol. The molecule has 0 radical (unpaired) electrons. The van der Waals surface area contributed by atoms with E-state index in [0.29, 0.717) is 0 Å². The minimum atomic E-state index is -0.306. The van der Waals surface area contributed by atoms with Gasteiger partial charge in [-0.2, -0.15) is 0 Å². The Morgan fingerprint density at radius 1 is 1.47 bits per heavy atom. The molecule has 3 nitrogen and oxygen atoms in total. The van der Waals surface area contributed by atoms with Crippen LogP contribution in [0.5, 0.6) is 0 Å². The molecular formula is C11H19N3S. The Kier molecular flexibility index (Phi) is 3.09. The molecule has 84 valence electrons. The molecule has 0 spiro atoms. The number of aromatic nitrogens is 1. The highest BCUT2D eigenvalue weighted by atomic mass is 32.1. The third kappa shape index (κ3) is 2.77. The number of hydrogen-bond acceptors (Lipinski definition) is 4. The van der Waals surface area contributed by atoms with Gasteiger partial charge in [0.25, 0.3) is 0 Å². The van der Waals surface area contributed by atoms with Gasteiger partial charge in [0.1, 0.15) is 5.01 Å². The average molecular weight is 225 g/mol. The summed E-state index contributed by atoms with van der Waals surface area (Å²) in [6, 6.07) is 0. The number of thiazole rings is 1. The van der Waals surface area contributed by atoms with E-state index in [1.807, 2.05) is 13.8 Å². The number of likely N-dealkylation sites (tertiary alicyclic amines) is 1. The number of hydrogen-bond donors (Lipinski definition) is 1.